The second-order valence-corrected chi connectivity index (χ2v) is 5.12. The summed E-state index contributed by atoms with van der Waals surface area (Å²) in [5, 5.41) is 4.87. The van der Waals surface area contributed by atoms with Crippen LogP contribution in [0.4, 0.5) is 5.69 Å². The summed E-state index contributed by atoms with van der Waals surface area (Å²) in [6.07, 6.45) is 2.00. The number of anilines is 1. The molecule has 0 amide bonds. The van der Waals surface area contributed by atoms with Crippen LogP contribution in [0.1, 0.15) is 25.2 Å². The number of aryl methyl sites for hydroxylation is 3. The number of nitrogens with two attached hydrogens (primary N) is 1. The summed E-state index contributed by atoms with van der Waals surface area (Å²) in [5.74, 6) is 0. The monoisotopic (exact) mass is 311 g/mol. The van der Waals surface area contributed by atoms with E-state index >= 15 is 0 Å². The highest BCUT2D eigenvalue weighted by Gasteiger charge is 2.17. The van der Waals surface area contributed by atoms with Crippen LogP contribution in [0.25, 0.3) is 0 Å². The summed E-state index contributed by atoms with van der Waals surface area (Å²) in [6.45, 7) is 4.53. The van der Waals surface area contributed by atoms with Gasteiger partial charge in [0.15, 0.2) is 0 Å². The summed E-state index contributed by atoms with van der Waals surface area (Å²) in [4.78, 5) is 24.2. The van der Waals surface area contributed by atoms with Crippen molar-refractivity contribution in [3.8, 4) is 0 Å². The lowest BCUT2D eigenvalue weighted by Crippen LogP contribution is -2.40. The van der Waals surface area contributed by atoms with Crippen LogP contribution >= 0.6 is 11.6 Å². The highest BCUT2D eigenvalue weighted by molar-refractivity contribution is 6.31. The fraction of sp³-hybridized carbons (Fsp3) is 0.462. The number of hydrogen-bond donors (Lipinski definition) is 1. The van der Waals surface area contributed by atoms with E-state index in [0.717, 1.165) is 10.3 Å². The van der Waals surface area contributed by atoms with Gasteiger partial charge in [-0.05, 0) is 13.3 Å². The summed E-state index contributed by atoms with van der Waals surface area (Å²) >= 11 is 6.30. The molecule has 114 valence electrons. The SMILES string of the molecule is CCc1nn(CC)c(Cn2c(=O)c(N)cn(C)c2=O)c1Cl. The van der Waals surface area contributed by atoms with Crippen LogP contribution < -0.4 is 17.0 Å². The second-order valence-electron chi connectivity index (χ2n) is 4.75. The molecule has 0 radical (unpaired) electrons. The van der Waals surface area contributed by atoms with E-state index in [9.17, 15) is 9.59 Å². The largest absolute Gasteiger partial charge is 0.393 e. The molecule has 0 aliphatic carbocycles. The number of aromatic nitrogens is 4. The van der Waals surface area contributed by atoms with Crippen LogP contribution in [0.15, 0.2) is 15.8 Å². The van der Waals surface area contributed by atoms with Crippen molar-refractivity contribution in [1.29, 1.82) is 0 Å². The van der Waals surface area contributed by atoms with Gasteiger partial charge in [0.25, 0.3) is 5.56 Å². The Morgan fingerprint density at radius 2 is 2.00 bits per heavy atom. The lowest BCUT2D eigenvalue weighted by molar-refractivity contribution is 0.567. The van der Waals surface area contributed by atoms with Gasteiger partial charge in [0.05, 0.1) is 23.0 Å². The van der Waals surface area contributed by atoms with E-state index in [2.05, 4.69) is 5.10 Å². The first kappa shape index (κ1) is 15.4. The third-order valence-electron chi connectivity index (χ3n) is 3.36. The molecule has 0 aromatic carbocycles. The minimum atomic E-state index is -0.518. The van der Waals surface area contributed by atoms with Crippen LogP contribution in [0.3, 0.4) is 0 Å². The van der Waals surface area contributed by atoms with Crippen molar-refractivity contribution in [3.05, 3.63) is 43.4 Å². The Balaban J connectivity index is 2.61. The summed E-state index contributed by atoms with van der Waals surface area (Å²) < 4.78 is 4.05. The Morgan fingerprint density at radius 1 is 1.33 bits per heavy atom. The molecule has 0 aliphatic rings. The first-order chi connectivity index (χ1) is 9.90. The number of halogens is 1. The zero-order valence-electron chi connectivity index (χ0n) is 12.3. The van der Waals surface area contributed by atoms with Crippen molar-refractivity contribution in [1.82, 2.24) is 18.9 Å². The van der Waals surface area contributed by atoms with E-state index in [4.69, 9.17) is 17.3 Å². The zero-order valence-corrected chi connectivity index (χ0v) is 13.0. The van der Waals surface area contributed by atoms with Gasteiger partial charge < -0.3 is 10.3 Å². The molecular weight excluding hydrogens is 294 g/mol. The Kier molecular flexibility index (Phi) is 4.22. The van der Waals surface area contributed by atoms with Crippen molar-refractivity contribution in [2.45, 2.75) is 33.4 Å². The number of nitrogen functional groups attached to an aromatic ring is 1. The van der Waals surface area contributed by atoms with Crippen molar-refractivity contribution < 1.29 is 0 Å². The van der Waals surface area contributed by atoms with E-state index in [1.54, 1.807) is 11.7 Å². The van der Waals surface area contributed by atoms with E-state index < -0.39 is 11.2 Å². The van der Waals surface area contributed by atoms with E-state index in [0.29, 0.717) is 23.7 Å². The van der Waals surface area contributed by atoms with Gasteiger partial charge in [-0.2, -0.15) is 5.10 Å². The minimum absolute atomic E-state index is 0.0199. The predicted octanol–water partition coefficient (Wildman–Crippen LogP) is 0.610. The first-order valence-electron chi connectivity index (χ1n) is 6.70. The number of rotatable bonds is 4. The lowest BCUT2D eigenvalue weighted by Gasteiger charge is -2.10. The normalized spacial score (nSPS) is 11.0. The Hall–Kier alpha value is -2.02. The molecule has 2 rings (SSSR count). The topological polar surface area (TPSA) is 87.8 Å². The molecule has 2 N–H and O–H groups in total. The van der Waals surface area contributed by atoms with Crippen LogP contribution in [-0.2, 0) is 26.6 Å². The third-order valence-corrected chi connectivity index (χ3v) is 3.80. The molecule has 0 aliphatic heterocycles. The van der Waals surface area contributed by atoms with Crippen LogP contribution in [0.5, 0.6) is 0 Å². The maximum Gasteiger partial charge on any atom is 0.331 e. The van der Waals surface area contributed by atoms with E-state index in [-0.39, 0.29) is 12.2 Å². The molecule has 0 atom stereocenters. The van der Waals surface area contributed by atoms with Crippen LogP contribution in [0.2, 0.25) is 5.02 Å². The maximum atomic E-state index is 12.1. The summed E-state index contributed by atoms with van der Waals surface area (Å²) in [7, 11) is 1.55. The lowest BCUT2D eigenvalue weighted by atomic mass is 10.3. The first-order valence-corrected chi connectivity index (χ1v) is 7.08. The molecule has 2 aromatic rings. The average molecular weight is 312 g/mol. The standard InChI is InChI=1S/C13H18ClN5O2/c1-4-9-11(14)10(19(5-2)16-9)7-18-12(20)8(15)6-17(3)13(18)21/h6H,4-5,7,15H2,1-3H3. The quantitative estimate of drug-likeness (QED) is 0.896. The van der Waals surface area contributed by atoms with Gasteiger partial charge in [-0.1, -0.05) is 18.5 Å². The molecule has 21 heavy (non-hydrogen) atoms. The molecule has 0 spiro atoms. The van der Waals surface area contributed by atoms with E-state index in [1.807, 2.05) is 13.8 Å². The number of nitrogens with zero attached hydrogens (tertiary/aromatic N) is 4. The van der Waals surface area contributed by atoms with Crippen LogP contribution in [-0.4, -0.2) is 18.9 Å². The van der Waals surface area contributed by atoms with Crippen molar-refractivity contribution in [3.63, 3.8) is 0 Å². The number of hydrogen-bond acceptors (Lipinski definition) is 4. The molecular formula is C13H18ClN5O2. The van der Waals surface area contributed by atoms with Gasteiger partial charge in [-0.3, -0.25) is 14.0 Å². The van der Waals surface area contributed by atoms with Gasteiger partial charge in [-0.25, -0.2) is 4.79 Å². The Labute approximate surface area is 126 Å². The second kappa shape index (κ2) is 5.77. The fourth-order valence-electron chi connectivity index (χ4n) is 2.21. The molecule has 0 saturated carbocycles. The molecule has 7 nitrogen and oxygen atoms in total. The molecule has 0 unspecified atom stereocenters. The van der Waals surface area contributed by atoms with Crippen LogP contribution in [0, 0.1) is 0 Å². The average Bonchev–Trinajstić information content (AvgIpc) is 2.77. The molecule has 0 bridgehead atoms. The molecule has 8 heteroatoms. The molecule has 2 heterocycles. The van der Waals surface area contributed by atoms with Gasteiger partial charge in [-0.15, -0.1) is 0 Å². The van der Waals surface area contributed by atoms with Gasteiger partial charge in [0.2, 0.25) is 0 Å². The van der Waals surface area contributed by atoms with Gasteiger partial charge in [0, 0.05) is 19.8 Å². The third kappa shape index (κ3) is 2.61. The molecule has 0 saturated heterocycles. The van der Waals surface area contributed by atoms with E-state index in [1.165, 1.54) is 10.8 Å². The van der Waals surface area contributed by atoms with Crippen molar-refractivity contribution >= 4 is 17.3 Å². The Morgan fingerprint density at radius 3 is 2.57 bits per heavy atom. The highest BCUT2D eigenvalue weighted by atomic mass is 35.5. The van der Waals surface area contributed by atoms with Gasteiger partial charge >= 0.3 is 5.69 Å². The minimum Gasteiger partial charge on any atom is -0.393 e. The summed E-state index contributed by atoms with van der Waals surface area (Å²) in [6, 6.07) is 0. The molecule has 2 aromatic heterocycles. The fourth-order valence-corrected chi connectivity index (χ4v) is 2.54. The maximum absolute atomic E-state index is 12.1. The van der Waals surface area contributed by atoms with Crippen molar-refractivity contribution in [2.24, 2.45) is 7.05 Å². The van der Waals surface area contributed by atoms with Gasteiger partial charge in [0.1, 0.15) is 5.69 Å². The Bertz CT molecular complexity index is 753. The smallest absolute Gasteiger partial charge is 0.331 e. The van der Waals surface area contributed by atoms with Crippen molar-refractivity contribution in [2.75, 3.05) is 5.73 Å². The predicted molar refractivity (Wildman–Crippen MR) is 81.7 cm³/mol. The highest BCUT2D eigenvalue weighted by Crippen LogP contribution is 2.21. The molecule has 0 fully saturated rings. The zero-order chi connectivity index (χ0) is 15.7. The summed E-state index contributed by atoms with van der Waals surface area (Å²) in [5.41, 5.74) is 6.09.